The maximum absolute atomic E-state index is 11.6. The first-order chi connectivity index (χ1) is 7.92. The highest BCUT2D eigenvalue weighted by atomic mass is 16.4. The summed E-state index contributed by atoms with van der Waals surface area (Å²) in [7, 11) is 0. The van der Waals surface area contributed by atoms with Gasteiger partial charge in [0.15, 0.2) is 0 Å². The number of hydrogen-bond donors (Lipinski definition) is 3. The number of carboxylic acids is 1. The summed E-state index contributed by atoms with van der Waals surface area (Å²) in [5, 5.41) is 14.8. The molecule has 1 rings (SSSR count). The fraction of sp³-hybridized carbons (Fsp3) is 0.833. The van der Waals surface area contributed by atoms with Crippen molar-refractivity contribution < 1.29 is 14.7 Å². The molecule has 0 radical (unpaired) electrons. The zero-order chi connectivity index (χ0) is 12.9. The number of aliphatic carboxylic acids is 1. The van der Waals surface area contributed by atoms with Crippen molar-refractivity contribution in [3.05, 3.63) is 0 Å². The zero-order valence-electron chi connectivity index (χ0n) is 10.6. The molecule has 0 aromatic heterocycles. The number of hydrogen-bond acceptors (Lipinski definition) is 3. The first-order valence-corrected chi connectivity index (χ1v) is 6.19. The largest absolute Gasteiger partial charge is 0.480 e. The van der Waals surface area contributed by atoms with Gasteiger partial charge in [-0.3, -0.25) is 4.79 Å². The Morgan fingerprint density at radius 1 is 1.41 bits per heavy atom. The molecule has 0 aliphatic carbocycles. The van der Waals surface area contributed by atoms with E-state index in [0.717, 1.165) is 19.4 Å². The Morgan fingerprint density at radius 3 is 2.65 bits per heavy atom. The molecule has 0 saturated carbocycles. The number of carbonyl (C=O) groups excluding carboxylic acids is 1. The Kier molecular flexibility index (Phi) is 4.93. The lowest BCUT2D eigenvalue weighted by atomic mass is 9.99. The first kappa shape index (κ1) is 14.0. The molecule has 5 nitrogen and oxygen atoms in total. The normalized spacial score (nSPS) is 20.9. The monoisotopic (exact) mass is 242 g/mol. The lowest BCUT2D eigenvalue weighted by Crippen LogP contribution is -2.50. The molecule has 0 bridgehead atoms. The fourth-order valence-electron chi connectivity index (χ4n) is 1.94. The smallest absolute Gasteiger partial charge is 0.328 e. The Hall–Kier alpha value is -1.10. The van der Waals surface area contributed by atoms with E-state index in [9.17, 15) is 9.59 Å². The van der Waals surface area contributed by atoms with E-state index >= 15 is 0 Å². The Bertz CT molecular complexity index is 283. The molecule has 1 aliphatic heterocycles. The number of nitrogens with one attached hydrogen (secondary N) is 2. The zero-order valence-corrected chi connectivity index (χ0v) is 10.6. The Balaban J connectivity index is 2.27. The lowest BCUT2D eigenvalue weighted by Gasteiger charge is -2.24. The summed E-state index contributed by atoms with van der Waals surface area (Å²) >= 11 is 0. The van der Waals surface area contributed by atoms with Gasteiger partial charge in [0.1, 0.15) is 5.54 Å². The van der Waals surface area contributed by atoms with Crippen molar-refractivity contribution in [2.24, 2.45) is 0 Å². The minimum absolute atomic E-state index is 0.190. The van der Waals surface area contributed by atoms with Crippen LogP contribution < -0.4 is 10.6 Å². The average molecular weight is 242 g/mol. The van der Waals surface area contributed by atoms with Crippen molar-refractivity contribution in [2.45, 2.75) is 57.5 Å². The number of carbonyl (C=O) groups is 2. The van der Waals surface area contributed by atoms with E-state index in [1.165, 1.54) is 26.7 Å². The lowest BCUT2D eigenvalue weighted by molar-refractivity contribution is -0.146. The van der Waals surface area contributed by atoms with Gasteiger partial charge in [-0.15, -0.1) is 0 Å². The Morgan fingerprint density at radius 2 is 2.12 bits per heavy atom. The van der Waals surface area contributed by atoms with Gasteiger partial charge in [0.05, 0.1) is 0 Å². The summed E-state index contributed by atoms with van der Waals surface area (Å²) < 4.78 is 0. The van der Waals surface area contributed by atoms with Gasteiger partial charge < -0.3 is 15.7 Å². The molecule has 5 heteroatoms. The third kappa shape index (κ3) is 4.73. The maximum atomic E-state index is 11.6. The summed E-state index contributed by atoms with van der Waals surface area (Å²) in [5.74, 6) is -1.20. The minimum Gasteiger partial charge on any atom is -0.480 e. The number of carboxylic acid groups (broad SMARTS) is 1. The van der Waals surface area contributed by atoms with E-state index < -0.39 is 11.5 Å². The molecule has 1 unspecified atom stereocenters. The molecule has 98 valence electrons. The van der Waals surface area contributed by atoms with Crippen molar-refractivity contribution in [1.82, 2.24) is 10.6 Å². The molecule has 1 aliphatic rings. The molecule has 3 N–H and O–H groups in total. The molecule has 0 spiro atoms. The molecule has 1 amide bonds. The second kappa shape index (κ2) is 6.00. The van der Waals surface area contributed by atoms with E-state index in [-0.39, 0.29) is 5.91 Å². The van der Waals surface area contributed by atoms with Crippen LogP contribution in [0.15, 0.2) is 0 Å². The highest BCUT2D eigenvalue weighted by Gasteiger charge is 2.28. The number of amides is 1. The van der Waals surface area contributed by atoms with Crippen LogP contribution in [0.1, 0.15) is 46.0 Å². The van der Waals surface area contributed by atoms with Crippen molar-refractivity contribution in [1.29, 1.82) is 0 Å². The van der Waals surface area contributed by atoms with Crippen LogP contribution in [0.2, 0.25) is 0 Å². The summed E-state index contributed by atoms with van der Waals surface area (Å²) in [6, 6.07) is 0.405. The number of piperidine rings is 1. The average Bonchev–Trinajstić information content (AvgIpc) is 2.27. The molecule has 0 aromatic carbocycles. The first-order valence-electron chi connectivity index (χ1n) is 6.19. The van der Waals surface area contributed by atoms with Gasteiger partial charge in [-0.2, -0.15) is 0 Å². The van der Waals surface area contributed by atoms with Crippen molar-refractivity contribution in [3.8, 4) is 0 Å². The van der Waals surface area contributed by atoms with Gasteiger partial charge in [0.2, 0.25) is 5.91 Å². The van der Waals surface area contributed by atoms with Gasteiger partial charge >= 0.3 is 5.97 Å². The third-order valence-electron chi connectivity index (χ3n) is 3.12. The van der Waals surface area contributed by atoms with E-state index in [1.807, 2.05) is 0 Å². The van der Waals surface area contributed by atoms with Gasteiger partial charge in [-0.05, 0) is 39.7 Å². The molecule has 0 aromatic rings. The van der Waals surface area contributed by atoms with Crippen LogP contribution >= 0.6 is 0 Å². The molecule has 1 fully saturated rings. The summed E-state index contributed by atoms with van der Waals surface area (Å²) in [4.78, 5) is 22.4. The van der Waals surface area contributed by atoms with Crippen LogP contribution in [0.4, 0.5) is 0 Å². The molecule has 17 heavy (non-hydrogen) atoms. The second-order valence-electron chi connectivity index (χ2n) is 5.16. The predicted molar refractivity (Wildman–Crippen MR) is 64.7 cm³/mol. The van der Waals surface area contributed by atoms with E-state index in [0.29, 0.717) is 12.5 Å². The topological polar surface area (TPSA) is 78.4 Å². The molecular formula is C12H22N2O3. The van der Waals surface area contributed by atoms with Crippen LogP contribution in [0.25, 0.3) is 0 Å². The van der Waals surface area contributed by atoms with Crippen LogP contribution in [-0.2, 0) is 9.59 Å². The Labute approximate surface area is 102 Å². The number of rotatable bonds is 5. The SMILES string of the molecule is CC(C)(NC(=O)CCC1CCCCN1)C(=O)O. The second-order valence-corrected chi connectivity index (χ2v) is 5.16. The van der Waals surface area contributed by atoms with Crippen molar-refractivity contribution in [2.75, 3.05) is 6.54 Å². The molecule has 1 heterocycles. The van der Waals surface area contributed by atoms with Gasteiger partial charge in [0, 0.05) is 12.5 Å². The van der Waals surface area contributed by atoms with Gasteiger partial charge in [0.25, 0.3) is 0 Å². The van der Waals surface area contributed by atoms with E-state index in [4.69, 9.17) is 5.11 Å². The predicted octanol–water partition coefficient (Wildman–Crippen LogP) is 0.888. The van der Waals surface area contributed by atoms with Crippen LogP contribution in [0, 0.1) is 0 Å². The van der Waals surface area contributed by atoms with E-state index in [1.54, 1.807) is 0 Å². The van der Waals surface area contributed by atoms with Gasteiger partial charge in [-0.25, -0.2) is 4.79 Å². The standard InChI is InChI=1S/C12H22N2O3/c1-12(2,11(16)17)14-10(15)7-6-9-5-3-4-8-13-9/h9,13H,3-8H2,1-2H3,(H,14,15)(H,16,17). The summed E-state index contributed by atoms with van der Waals surface area (Å²) in [6.45, 7) is 4.01. The van der Waals surface area contributed by atoms with Crippen LogP contribution in [-0.4, -0.2) is 35.1 Å². The molecule has 1 saturated heterocycles. The minimum atomic E-state index is -1.18. The summed E-state index contributed by atoms with van der Waals surface area (Å²) in [6.07, 6.45) is 4.68. The van der Waals surface area contributed by atoms with Crippen LogP contribution in [0.3, 0.4) is 0 Å². The molecular weight excluding hydrogens is 220 g/mol. The highest BCUT2D eigenvalue weighted by molar-refractivity contribution is 5.86. The van der Waals surface area contributed by atoms with Gasteiger partial charge in [-0.1, -0.05) is 6.42 Å². The quantitative estimate of drug-likeness (QED) is 0.669. The molecule has 1 atom stereocenters. The van der Waals surface area contributed by atoms with Crippen LogP contribution in [0.5, 0.6) is 0 Å². The third-order valence-corrected chi connectivity index (χ3v) is 3.12. The summed E-state index contributed by atoms with van der Waals surface area (Å²) in [5.41, 5.74) is -1.18. The van der Waals surface area contributed by atoms with E-state index in [2.05, 4.69) is 10.6 Å². The maximum Gasteiger partial charge on any atom is 0.328 e. The van der Waals surface area contributed by atoms with Crippen molar-refractivity contribution >= 4 is 11.9 Å². The highest BCUT2D eigenvalue weighted by Crippen LogP contribution is 2.12. The van der Waals surface area contributed by atoms with Crippen molar-refractivity contribution in [3.63, 3.8) is 0 Å². The fourth-order valence-corrected chi connectivity index (χ4v) is 1.94.